The molecule has 1 atom stereocenters. The van der Waals surface area contributed by atoms with E-state index in [1.165, 1.54) is 4.90 Å². The molecule has 0 bridgehead atoms. The van der Waals surface area contributed by atoms with E-state index in [0.29, 0.717) is 23.1 Å². The maximum atomic E-state index is 10.5. The lowest BCUT2D eigenvalue weighted by atomic mass is 10.1. The Morgan fingerprint density at radius 1 is 1.04 bits per heavy atom. The number of aliphatic hydroxyl groups excluding tert-OH is 1. The molecular formula is C20H27Cl2N3O+2. The van der Waals surface area contributed by atoms with Gasteiger partial charge in [-0.3, -0.25) is 0 Å². The summed E-state index contributed by atoms with van der Waals surface area (Å²) in [5, 5.41) is 16.3. The number of aliphatic hydroxyl groups is 1. The van der Waals surface area contributed by atoms with Crippen LogP contribution in [0.3, 0.4) is 0 Å². The molecule has 0 saturated carbocycles. The van der Waals surface area contributed by atoms with Gasteiger partial charge in [0.15, 0.2) is 0 Å². The van der Waals surface area contributed by atoms with Gasteiger partial charge in [-0.15, -0.1) is 0 Å². The van der Waals surface area contributed by atoms with Gasteiger partial charge in [-0.25, -0.2) is 0 Å². The third kappa shape index (κ3) is 4.51. The molecule has 0 aliphatic heterocycles. The fraction of sp³-hybridized carbons (Fsp3) is 0.400. The average molecular weight is 396 g/mol. The van der Waals surface area contributed by atoms with E-state index in [4.69, 9.17) is 23.2 Å². The van der Waals surface area contributed by atoms with E-state index in [0.717, 1.165) is 41.3 Å². The highest BCUT2D eigenvalue weighted by Crippen LogP contribution is 2.32. The number of nitrogens with one attached hydrogen (secondary N) is 1. The van der Waals surface area contributed by atoms with Crippen molar-refractivity contribution in [3.63, 3.8) is 0 Å². The van der Waals surface area contributed by atoms with Crippen molar-refractivity contribution in [1.82, 2.24) is 4.57 Å². The van der Waals surface area contributed by atoms with E-state index >= 15 is 0 Å². The molecule has 1 heterocycles. The standard InChI is InChI=1S/C20H25Cl2N3O/c1-24(2)9-3-8-23-12-16(26)13-25-19-6-4-14(21)10-17(19)18-11-15(22)5-7-20(18)25/h4-7,10-11,16,23,26H,3,8-9,12-13H2,1-2H3/p+2/t16-/m1/s1. The molecule has 0 aliphatic carbocycles. The van der Waals surface area contributed by atoms with Crippen molar-refractivity contribution in [1.29, 1.82) is 0 Å². The summed E-state index contributed by atoms with van der Waals surface area (Å²) < 4.78 is 2.17. The van der Waals surface area contributed by atoms with Gasteiger partial charge in [-0.05, 0) is 36.4 Å². The Balaban J connectivity index is 1.78. The number of hydrogen-bond acceptors (Lipinski definition) is 1. The van der Waals surface area contributed by atoms with E-state index in [1.54, 1.807) is 0 Å². The van der Waals surface area contributed by atoms with Crippen LogP contribution in [-0.4, -0.2) is 49.5 Å². The zero-order valence-corrected chi connectivity index (χ0v) is 16.8. The first-order valence-electron chi connectivity index (χ1n) is 9.11. The van der Waals surface area contributed by atoms with Crippen molar-refractivity contribution in [2.24, 2.45) is 0 Å². The molecule has 3 rings (SSSR count). The fourth-order valence-electron chi connectivity index (χ4n) is 3.44. The summed E-state index contributed by atoms with van der Waals surface area (Å²) >= 11 is 12.4. The molecule has 140 valence electrons. The van der Waals surface area contributed by atoms with Crippen LogP contribution in [0.1, 0.15) is 6.42 Å². The number of quaternary nitrogens is 2. The maximum absolute atomic E-state index is 10.5. The Kier molecular flexibility index (Phi) is 6.43. The van der Waals surface area contributed by atoms with E-state index < -0.39 is 6.10 Å². The minimum absolute atomic E-state index is 0.410. The Bertz CT molecular complexity index is 832. The Labute approximate surface area is 164 Å². The van der Waals surface area contributed by atoms with E-state index in [-0.39, 0.29) is 0 Å². The maximum Gasteiger partial charge on any atom is 0.121 e. The monoisotopic (exact) mass is 395 g/mol. The number of rotatable bonds is 8. The molecule has 0 fully saturated rings. The number of fused-ring (bicyclic) bond motifs is 3. The highest BCUT2D eigenvalue weighted by molar-refractivity contribution is 6.33. The fourth-order valence-corrected chi connectivity index (χ4v) is 3.78. The summed E-state index contributed by atoms with van der Waals surface area (Å²) in [7, 11) is 4.32. The topological polar surface area (TPSA) is 46.2 Å². The zero-order valence-electron chi connectivity index (χ0n) is 15.3. The van der Waals surface area contributed by atoms with Crippen molar-refractivity contribution in [2.75, 3.05) is 33.7 Å². The van der Waals surface area contributed by atoms with Gasteiger partial charge in [0.05, 0.1) is 33.7 Å². The number of aromatic nitrogens is 1. The Hall–Kier alpha value is -1.30. The lowest BCUT2D eigenvalue weighted by Crippen LogP contribution is -3.06. The number of nitrogens with two attached hydrogens (primary N) is 1. The van der Waals surface area contributed by atoms with Gasteiger partial charge in [-0.2, -0.15) is 0 Å². The molecule has 0 unspecified atom stereocenters. The number of hydrogen-bond donors (Lipinski definition) is 3. The molecule has 0 amide bonds. The summed E-state index contributed by atoms with van der Waals surface area (Å²) in [6, 6.07) is 11.7. The predicted octanol–water partition coefficient (Wildman–Crippen LogP) is 1.56. The predicted molar refractivity (Wildman–Crippen MR) is 109 cm³/mol. The van der Waals surface area contributed by atoms with Crippen LogP contribution < -0.4 is 10.2 Å². The van der Waals surface area contributed by atoms with Crippen LogP contribution in [0, 0.1) is 0 Å². The summed E-state index contributed by atoms with van der Waals surface area (Å²) in [4.78, 5) is 1.46. The third-order valence-corrected chi connectivity index (χ3v) is 5.18. The normalized spacial score (nSPS) is 13.2. The van der Waals surface area contributed by atoms with Crippen LogP contribution in [0.4, 0.5) is 0 Å². The smallest absolute Gasteiger partial charge is 0.121 e. The second-order valence-electron chi connectivity index (χ2n) is 7.21. The molecule has 4 nitrogen and oxygen atoms in total. The van der Waals surface area contributed by atoms with Crippen molar-refractivity contribution in [3.8, 4) is 0 Å². The molecule has 3 aromatic rings. The van der Waals surface area contributed by atoms with Crippen LogP contribution in [0.25, 0.3) is 21.8 Å². The van der Waals surface area contributed by atoms with Crippen LogP contribution in [0.5, 0.6) is 0 Å². The molecule has 4 N–H and O–H groups in total. The molecule has 0 spiro atoms. The summed E-state index contributed by atoms with van der Waals surface area (Å²) in [6.45, 7) is 3.45. The number of benzene rings is 2. The Morgan fingerprint density at radius 3 is 2.15 bits per heavy atom. The molecule has 0 radical (unpaired) electrons. The largest absolute Gasteiger partial charge is 0.385 e. The van der Waals surface area contributed by atoms with E-state index in [1.807, 2.05) is 36.4 Å². The van der Waals surface area contributed by atoms with Gasteiger partial charge >= 0.3 is 0 Å². The summed E-state index contributed by atoms with van der Waals surface area (Å²) in [6.07, 6.45) is 0.744. The molecule has 0 aliphatic rings. The van der Waals surface area contributed by atoms with E-state index in [2.05, 4.69) is 24.0 Å². The summed E-state index contributed by atoms with van der Waals surface area (Å²) in [5.74, 6) is 0. The van der Waals surface area contributed by atoms with Gasteiger partial charge < -0.3 is 19.9 Å². The van der Waals surface area contributed by atoms with Crippen molar-refractivity contribution in [3.05, 3.63) is 46.4 Å². The quantitative estimate of drug-likeness (QED) is 0.498. The van der Waals surface area contributed by atoms with Crippen LogP contribution in [-0.2, 0) is 6.54 Å². The van der Waals surface area contributed by atoms with Crippen LogP contribution in [0.2, 0.25) is 10.0 Å². The highest BCUT2D eigenvalue weighted by atomic mass is 35.5. The van der Waals surface area contributed by atoms with Crippen molar-refractivity contribution >= 4 is 45.0 Å². The minimum Gasteiger partial charge on any atom is -0.385 e. The molecule has 0 saturated heterocycles. The Morgan fingerprint density at radius 2 is 1.62 bits per heavy atom. The SMILES string of the molecule is C[NH+](C)CCC[NH2+]C[C@@H](O)Cn1c2ccc(Cl)cc2c2cc(Cl)ccc21. The second kappa shape index (κ2) is 8.59. The van der Waals surface area contributed by atoms with Gasteiger partial charge in [0.2, 0.25) is 0 Å². The van der Waals surface area contributed by atoms with Crippen molar-refractivity contribution in [2.45, 2.75) is 19.1 Å². The molecular weight excluding hydrogens is 369 g/mol. The molecule has 1 aromatic heterocycles. The van der Waals surface area contributed by atoms with Gasteiger partial charge in [0.25, 0.3) is 0 Å². The lowest BCUT2D eigenvalue weighted by Gasteiger charge is -2.13. The van der Waals surface area contributed by atoms with Crippen molar-refractivity contribution < 1.29 is 15.3 Å². The molecule has 6 heteroatoms. The van der Waals surface area contributed by atoms with Crippen LogP contribution in [0.15, 0.2) is 36.4 Å². The second-order valence-corrected chi connectivity index (χ2v) is 8.08. The zero-order chi connectivity index (χ0) is 18.7. The first-order valence-corrected chi connectivity index (χ1v) is 9.87. The molecule has 2 aromatic carbocycles. The average Bonchev–Trinajstić information content (AvgIpc) is 2.87. The van der Waals surface area contributed by atoms with Gasteiger partial charge in [0, 0.05) is 38.3 Å². The number of nitrogens with zero attached hydrogens (tertiary/aromatic N) is 1. The number of halogens is 2. The van der Waals surface area contributed by atoms with E-state index in [9.17, 15) is 5.11 Å². The highest BCUT2D eigenvalue weighted by Gasteiger charge is 2.15. The molecule has 26 heavy (non-hydrogen) atoms. The first kappa shape index (κ1) is 19.5. The minimum atomic E-state index is -0.410. The third-order valence-electron chi connectivity index (χ3n) is 4.71. The lowest BCUT2D eigenvalue weighted by molar-refractivity contribution is -0.860. The first-order chi connectivity index (χ1) is 12.5. The van der Waals surface area contributed by atoms with Gasteiger partial charge in [-0.1, -0.05) is 23.2 Å². The van der Waals surface area contributed by atoms with Crippen LogP contribution >= 0.6 is 23.2 Å². The summed E-state index contributed by atoms with van der Waals surface area (Å²) in [5.41, 5.74) is 2.14. The van der Waals surface area contributed by atoms with Gasteiger partial charge in [0.1, 0.15) is 12.6 Å².